The molecule has 1 aliphatic rings. The van der Waals surface area contributed by atoms with Crippen molar-refractivity contribution in [1.29, 1.82) is 0 Å². The molecule has 130 valence electrons. The van der Waals surface area contributed by atoms with Gasteiger partial charge < -0.3 is 24.8 Å². The van der Waals surface area contributed by atoms with Gasteiger partial charge in [0.05, 0.1) is 4.90 Å². The van der Waals surface area contributed by atoms with Crippen LogP contribution in [0.2, 0.25) is 0 Å². The number of aliphatic hydroxyl groups excluding tert-OH is 3. The van der Waals surface area contributed by atoms with Crippen LogP contribution < -0.4 is 4.72 Å². The molecule has 5 atom stereocenters. The maximum atomic E-state index is 12.2. The molecule has 1 aromatic rings. The Kier molecular flexibility index (Phi) is 6.14. The lowest BCUT2D eigenvalue weighted by Gasteiger charge is -2.39. The third-order valence-electron chi connectivity index (χ3n) is 3.50. The van der Waals surface area contributed by atoms with E-state index >= 15 is 0 Å². The summed E-state index contributed by atoms with van der Waals surface area (Å²) in [5, 5.41) is 29.3. The number of aliphatic hydroxyl groups is 3. The molecule has 1 saturated heterocycles. The fourth-order valence-electron chi connectivity index (χ4n) is 2.17. The van der Waals surface area contributed by atoms with E-state index in [1.165, 1.54) is 19.2 Å². The number of nitrogens with one attached hydrogen (secondary N) is 1. The lowest BCUT2D eigenvalue weighted by atomic mass is 9.99. The first-order chi connectivity index (χ1) is 10.8. The van der Waals surface area contributed by atoms with Gasteiger partial charge in [-0.1, -0.05) is 15.9 Å². The van der Waals surface area contributed by atoms with Crippen molar-refractivity contribution < 1.29 is 33.2 Å². The predicted molar refractivity (Wildman–Crippen MR) is 83.0 cm³/mol. The molecule has 0 radical (unpaired) electrons. The molecule has 4 N–H and O–H groups in total. The van der Waals surface area contributed by atoms with E-state index in [-0.39, 0.29) is 11.4 Å². The third kappa shape index (κ3) is 4.28. The standard InChI is InChI=1S/C13H18BrNO7S/c1-21-13-12(18)11(17)10(16)9(22-13)6-15-23(19,20)8-4-2-7(14)3-5-8/h2-5,9-13,15-18H,6H2,1H3/t9-,10-,11+,12+,13+/m1/s1. The molecule has 1 heterocycles. The van der Waals surface area contributed by atoms with Gasteiger partial charge >= 0.3 is 0 Å². The van der Waals surface area contributed by atoms with E-state index < -0.39 is 40.7 Å². The van der Waals surface area contributed by atoms with Crippen LogP contribution in [-0.2, 0) is 19.5 Å². The van der Waals surface area contributed by atoms with E-state index in [1.807, 2.05) is 0 Å². The molecule has 1 fully saturated rings. The van der Waals surface area contributed by atoms with Crippen LogP contribution >= 0.6 is 15.9 Å². The Hall–Kier alpha value is -0.590. The van der Waals surface area contributed by atoms with Crippen molar-refractivity contribution in [1.82, 2.24) is 4.72 Å². The largest absolute Gasteiger partial charge is 0.388 e. The first-order valence-corrected chi connectivity index (χ1v) is 9.01. The van der Waals surface area contributed by atoms with Gasteiger partial charge in [0.25, 0.3) is 0 Å². The topological polar surface area (TPSA) is 125 Å². The summed E-state index contributed by atoms with van der Waals surface area (Å²) in [6.07, 6.45) is -6.60. The monoisotopic (exact) mass is 411 g/mol. The Balaban J connectivity index is 2.05. The minimum atomic E-state index is -3.80. The number of benzene rings is 1. The first-order valence-electron chi connectivity index (χ1n) is 6.74. The smallest absolute Gasteiger partial charge is 0.240 e. The van der Waals surface area contributed by atoms with Crippen LogP contribution in [-0.4, -0.2) is 68.1 Å². The van der Waals surface area contributed by atoms with Gasteiger partial charge in [-0.2, -0.15) is 0 Å². The number of rotatable bonds is 5. The summed E-state index contributed by atoms with van der Waals surface area (Å²) in [5.41, 5.74) is 0. The van der Waals surface area contributed by atoms with Crippen molar-refractivity contribution in [3.8, 4) is 0 Å². The first kappa shape index (κ1) is 18.7. The summed E-state index contributed by atoms with van der Waals surface area (Å²) in [7, 11) is -2.54. The van der Waals surface area contributed by atoms with Crippen LogP contribution in [0.15, 0.2) is 33.6 Å². The number of hydrogen-bond donors (Lipinski definition) is 4. The molecule has 2 rings (SSSR count). The average Bonchev–Trinajstić information content (AvgIpc) is 2.52. The molecule has 0 amide bonds. The van der Waals surface area contributed by atoms with Gasteiger partial charge in [-0.05, 0) is 24.3 Å². The van der Waals surface area contributed by atoms with Crippen LogP contribution in [0.5, 0.6) is 0 Å². The zero-order valence-electron chi connectivity index (χ0n) is 12.2. The molecule has 0 aromatic heterocycles. The van der Waals surface area contributed by atoms with Crippen LogP contribution in [0.1, 0.15) is 0 Å². The van der Waals surface area contributed by atoms with E-state index in [4.69, 9.17) is 9.47 Å². The van der Waals surface area contributed by atoms with Crippen molar-refractivity contribution in [3.05, 3.63) is 28.7 Å². The van der Waals surface area contributed by atoms with Gasteiger partial charge in [-0.25, -0.2) is 13.1 Å². The molecule has 10 heteroatoms. The molecule has 0 bridgehead atoms. The maximum absolute atomic E-state index is 12.2. The van der Waals surface area contributed by atoms with Gasteiger partial charge in [-0.3, -0.25) is 0 Å². The summed E-state index contributed by atoms with van der Waals surface area (Å²) in [6, 6.07) is 6.01. The Labute approximate surface area is 142 Å². The molecule has 1 aliphatic heterocycles. The minimum Gasteiger partial charge on any atom is -0.388 e. The van der Waals surface area contributed by atoms with Crippen LogP contribution in [0.3, 0.4) is 0 Å². The molecule has 8 nitrogen and oxygen atoms in total. The molecule has 0 saturated carbocycles. The van der Waals surface area contributed by atoms with E-state index in [1.54, 1.807) is 12.1 Å². The second-order valence-corrected chi connectivity index (χ2v) is 7.74. The number of halogens is 1. The summed E-state index contributed by atoms with van der Waals surface area (Å²) in [5.74, 6) is 0. The van der Waals surface area contributed by atoms with Crippen molar-refractivity contribution in [3.63, 3.8) is 0 Å². The third-order valence-corrected chi connectivity index (χ3v) is 5.47. The van der Waals surface area contributed by atoms with Crippen molar-refractivity contribution in [2.45, 2.75) is 35.6 Å². The van der Waals surface area contributed by atoms with Crippen molar-refractivity contribution >= 4 is 26.0 Å². The Morgan fingerprint density at radius 1 is 1.17 bits per heavy atom. The maximum Gasteiger partial charge on any atom is 0.240 e. The predicted octanol–water partition coefficient (Wildman–Crippen LogP) is -0.819. The molecule has 1 aromatic carbocycles. The van der Waals surface area contributed by atoms with E-state index in [9.17, 15) is 23.7 Å². The van der Waals surface area contributed by atoms with Crippen LogP contribution in [0.4, 0.5) is 0 Å². The lowest BCUT2D eigenvalue weighted by Crippen LogP contribution is -2.60. The Morgan fingerprint density at radius 3 is 2.35 bits per heavy atom. The highest BCUT2D eigenvalue weighted by molar-refractivity contribution is 9.10. The quantitative estimate of drug-likeness (QED) is 0.498. The fourth-order valence-corrected chi connectivity index (χ4v) is 3.48. The van der Waals surface area contributed by atoms with Crippen molar-refractivity contribution in [2.75, 3.05) is 13.7 Å². The summed E-state index contributed by atoms with van der Waals surface area (Å²) < 4.78 is 37.5. The molecule has 23 heavy (non-hydrogen) atoms. The Bertz CT molecular complexity index is 622. The SMILES string of the molecule is CO[C@H]1O[C@H](CNS(=O)(=O)c2ccc(Br)cc2)[C@@H](O)[C@H](O)[C@@H]1O. The second-order valence-electron chi connectivity index (χ2n) is 5.06. The lowest BCUT2D eigenvalue weighted by molar-refractivity contribution is -0.287. The highest BCUT2D eigenvalue weighted by atomic mass is 79.9. The fraction of sp³-hybridized carbons (Fsp3) is 0.538. The van der Waals surface area contributed by atoms with Crippen LogP contribution in [0, 0.1) is 0 Å². The van der Waals surface area contributed by atoms with Crippen molar-refractivity contribution in [2.24, 2.45) is 0 Å². The summed E-state index contributed by atoms with van der Waals surface area (Å²) >= 11 is 3.21. The second kappa shape index (κ2) is 7.53. The van der Waals surface area contributed by atoms with E-state index in [2.05, 4.69) is 20.7 Å². The van der Waals surface area contributed by atoms with E-state index in [0.717, 1.165) is 4.47 Å². The summed E-state index contributed by atoms with van der Waals surface area (Å²) in [4.78, 5) is 0.0508. The van der Waals surface area contributed by atoms with Gasteiger partial charge in [0, 0.05) is 18.1 Å². The average molecular weight is 412 g/mol. The van der Waals surface area contributed by atoms with Crippen LogP contribution in [0.25, 0.3) is 0 Å². The molecule has 0 spiro atoms. The van der Waals surface area contributed by atoms with Gasteiger partial charge in [0.2, 0.25) is 10.0 Å². The normalized spacial score (nSPS) is 32.0. The van der Waals surface area contributed by atoms with Gasteiger partial charge in [0.1, 0.15) is 24.4 Å². The van der Waals surface area contributed by atoms with Gasteiger partial charge in [0.15, 0.2) is 6.29 Å². The zero-order chi connectivity index (χ0) is 17.2. The molecule has 0 aliphatic carbocycles. The molecule has 0 unspecified atom stereocenters. The number of ether oxygens (including phenoxy) is 2. The Morgan fingerprint density at radius 2 is 1.78 bits per heavy atom. The summed E-state index contributed by atoms with van der Waals surface area (Å²) in [6.45, 7) is -0.288. The highest BCUT2D eigenvalue weighted by Crippen LogP contribution is 2.22. The zero-order valence-corrected chi connectivity index (χ0v) is 14.6. The van der Waals surface area contributed by atoms with E-state index in [0.29, 0.717) is 0 Å². The number of sulfonamides is 1. The van der Waals surface area contributed by atoms with Gasteiger partial charge in [-0.15, -0.1) is 0 Å². The molecular weight excluding hydrogens is 394 g/mol. The molecular formula is C13H18BrNO7S. The number of methoxy groups -OCH3 is 1. The highest BCUT2D eigenvalue weighted by Gasteiger charge is 2.44. The number of hydrogen-bond acceptors (Lipinski definition) is 7. The minimum absolute atomic E-state index is 0.0508.